The van der Waals surface area contributed by atoms with Crippen LogP contribution < -0.4 is 5.32 Å². The molecule has 0 saturated carbocycles. The number of carbonyl (C=O) groups is 1. The van der Waals surface area contributed by atoms with Gasteiger partial charge in [0.05, 0.1) is 19.1 Å². The molecule has 72 valence electrons. The molecule has 1 amide bonds. The second-order valence-electron chi connectivity index (χ2n) is 2.34. The molecule has 1 heterocycles. The molecule has 0 spiro atoms. The van der Waals surface area contributed by atoms with Crippen molar-refractivity contribution < 1.29 is 19.1 Å². The third-order valence-electron chi connectivity index (χ3n) is 1.34. The van der Waals surface area contributed by atoms with Crippen LogP contribution in [0.1, 0.15) is 5.56 Å². The van der Waals surface area contributed by atoms with Gasteiger partial charge in [0.25, 0.3) is 0 Å². The van der Waals surface area contributed by atoms with Gasteiger partial charge in [-0.25, -0.2) is 4.79 Å². The quantitative estimate of drug-likeness (QED) is 0.716. The first-order valence-electron chi connectivity index (χ1n) is 3.85. The van der Waals surface area contributed by atoms with Crippen LogP contribution in [-0.4, -0.2) is 24.4 Å². The third-order valence-corrected chi connectivity index (χ3v) is 1.34. The van der Waals surface area contributed by atoms with Crippen LogP contribution >= 0.6 is 0 Å². The van der Waals surface area contributed by atoms with Gasteiger partial charge in [-0.15, -0.1) is 0 Å². The minimum atomic E-state index is -0.546. The number of furan rings is 1. The van der Waals surface area contributed by atoms with Gasteiger partial charge in [0.2, 0.25) is 0 Å². The number of nitrogens with one attached hydrogen (secondary N) is 1. The highest BCUT2D eigenvalue weighted by molar-refractivity contribution is 5.67. The van der Waals surface area contributed by atoms with Crippen LogP contribution in [0.3, 0.4) is 0 Å². The van der Waals surface area contributed by atoms with Gasteiger partial charge >= 0.3 is 6.09 Å². The number of hydrogen-bond donors (Lipinski definition) is 2. The molecule has 0 aliphatic carbocycles. The van der Waals surface area contributed by atoms with Crippen LogP contribution in [0.4, 0.5) is 4.79 Å². The lowest BCUT2D eigenvalue weighted by Gasteiger charge is -2.03. The van der Waals surface area contributed by atoms with Crippen LogP contribution in [0.2, 0.25) is 0 Å². The summed E-state index contributed by atoms with van der Waals surface area (Å²) in [6, 6.07) is 1.74. The maximum atomic E-state index is 10.8. The van der Waals surface area contributed by atoms with Crippen molar-refractivity contribution >= 4 is 6.09 Å². The molecule has 0 saturated heterocycles. The van der Waals surface area contributed by atoms with E-state index in [-0.39, 0.29) is 13.2 Å². The van der Waals surface area contributed by atoms with Crippen molar-refractivity contribution in [3.63, 3.8) is 0 Å². The van der Waals surface area contributed by atoms with Crippen LogP contribution in [-0.2, 0) is 11.3 Å². The van der Waals surface area contributed by atoms with Gasteiger partial charge in [0.15, 0.2) is 0 Å². The Balaban J connectivity index is 2.15. The molecular formula is C8H11NO4. The van der Waals surface area contributed by atoms with Crippen molar-refractivity contribution in [2.45, 2.75) is 6.54 Å². The molecular weight excluding hydrogens is 174 g/mol. The Labute approximate surface area is 75.3 Å². The highest BCUT2D eigenvalue weighted by atomic mass is 16.6. The predicted octanol–water partition coefficient (Wildman–Crippen LogP) is 0.498. The molecule has 0 aliphatic heterocycles. The Morgan fingerprint density at radius 3 is 3.15 bits per heavy atom. The normalized spacial score (nSPS) is 9.62. The van der Waals surface area contributed by atoms with E-state index in [2.05, 4.69) is 10.1 Å². The van der Waals surface area contributed by atoms with Crippen molar-refractivity contribution in [1.29, 1.82) is 0 Å². The van der Waals surface area contributed by atoms with Gasteiger partial charge < -0.3 is 19.6 Å². The number of alkyl carbamates (subject to hydrolysis) is 1. The molecule has 5 nitrogen and oxygen atoms in total. The number of amides is 1. The van der Waals surface area contributed by atoms with Gasteiger partial charge in [-0.05, 0) is 6.07 Å². The predicted molar refractivity (Wildman–Crippen MR) is 44.0 cm³/mol. The Kier molecular flexibility index (Phi) is 3.84. The van der Waals surface area contributed by atoms with E-state index in [4.69, 9.17) is 9.52 Å². The van der Waals surface area contributed by atoms with Crippen LogP contribution in [0.5, 0.6) is 0 Å². The van der Waals surface area contributed by atoms with Gasteiger partial charge in [0, 0.05) is 12.1 Å². The Morgan fingerprint density at radius 1 is 1.69 bits per heavy atom. The fourth-order valence-corrected chi connectivity index (χ4v) is 0.757. The van der Waals surface area contributed by atoms with E-state index in [1.54, 1.807) is 6.07 Å². The largest absolute Gasteiger partial charge is 0.472 e. The smallest absolute Gasteiger partial charge is 0.407 e. The standard InChI is InChI=1S/C8H11NO4/c10-2-4-13-8(11)9-5-7-1-3-12-6-7/h1,3,6,10H,2,4-5H2,(H,9,11). The van der Waals surface area contributed by atoms with Gasteiger partial charge in [-0.1, -0.05) is 0 Å². The molecule has 2 N–H and O–H groups in total. The highest BCUT2D eigenvalue weighted by Crippen LogP contribution is 1.98. The van der Waals surface area contributed by atoms with Crippen molar-refractivity contribution in [3.05, 3.63) is 24.2 Å². The molecule has 0 fully saturated rings. The lowest BCUT2D eigenvalue weighted by atomic mass is 10.3. The summed E-state index contributed by atoms with van der Waals surface area (Å²) in [4.78, 5) is 10.8. The molecule has 0 unspecified atom stereocenters. The molecule has 0 radical (unpaired) electrons. The van der Waals surface area contributed by atoms with Crippen molar-refractivity contribution in [2.75, 3.05) is 13.2 Å². The number of ether oxygens (including phenoxy) is 1. The fourth-order valence-electron chi connectivity index (χ4n) is 0.757. The molecule has 1 aromatic heterocycles. The number of hydrogen-bond acceptors (Lipinski definition) is 4. The molecule has 13 heavy (non-hydrogen) atoms. The van der Waals surface area contributed by atoms with Crippen LogP contribution in [0.15, 0.2) is 23.0 Å². The van der Waals surface area contributed by atoms with Crippen molar-refractivity contribution in [2.24, 2.45) is 0 Å². The Bertz CT molecular complexity index is 245. The van der Waals surface area contributed by atoms with Gasteiger partial charge in [-0.3, -0.25) is 0 Å². The number of aliphatic hydroxyl groups excluding tert-OH is 1. The Hall–Kier alpha value is -1.49. The summed E-state index contributed by atoms with van der Waals surface area (Å²) in [7, 11) is 0. The average Bonchev–Trinajstić information content (AvgIpc) is 2.64. The van der Waals surface area contributed by atoms with Crippen LogP contribution in [0, 0.1) is 0 Å². The topological polar surface area (TPSA) is 71.7 Å². The summed E-state index contributed by atoms with van der Waals surface area (Å²) in [5.41, 5.74) is 0.862. The number of aliphatic hydroxyl groups is 1. The SMILES string of the molecule is O=C(NCc1ccoc1)OCCO. The zero-order chi connectivity index (χ0) is 9.52. The summed E-state index contributed by atoms with van der Waals surface area (Å²) in [5.74, 6) is 0. The van der Waals surface area contributed by atoms with Crippen molar-refractivity contribution in [1.82, 2.24) is 5.32 Å². The summed E-state index contributed by atoms with van der Waals surface area (Å²) in [5, 5.41) is 10.8. The zero-order valence-corrected chi connectivity index (χ0v) is 7.03. The lowest BCUT2D eigenvalue weighted by molar-refractivity contribution is 0.119. The minimum absolute atomic E-state index is 0.0111. The van der Waals surface area contributed by atoms with Gasteiger partial charge in [-0.2, -0.15) is 0 Å². The zero-order valence-electron chi connectivity index (χ0n) is 7.03. The summed E-state index contributed by atoms with van der Waals surface area (Å²) in [6.07, 6.45) is 2.51. The molecule has 0 aromatic carbocycles. The summed E-state index contributed by atoms with van der Waals surface area (Å²) < 4.78 is 9.35. The highest BCUT2D eigenvalue weighted by Gasteiger charge is 2.00. The van der Waals surface area contributed by atoms with Crippen molar-refractivity contribution in [3.8, 4) is 0 Å². The maximum absolute atomic E-state index is 10.8. The average molecular weight is 185 g/mol. The van der Waals surface area contributed by atoms with E-state index in [0.29, 0.717) is 6.54 Å². The molecule has 0 atom stereocenters. The first-order valence-corrected chi connectivity index (χ1v) is 3.85. The number of rotatable bonds is 4. The second-order valence-corrected chi connectivity index (χ2v) is 2.34. The fraction of sp³-hybridized carbons (Fsp3) is 0.375. The second kappa shape index (κ2) is 5.21. The first-order chi connectivity index (χ1) is 6.33. The van der Waals surface area contributed by atoms with Crippen LogP contribution in [0.25, 0.3) is 0 Å². The molecule has 1 aromatic rings. The summed E-state index contributed by atoms with van der Waals surface area (Å²) >= 11 is 0. The van der Waals surface area contributed by atoms with E-state index in [1.165, 1.54) is 12.5 Å². The maximum Gasteiger partial charge on any atom is 0.407 e. The minimum Gasteiger partial charge on any atom is -0.472 e. The lowest BCUT2D eigenvalue weighted by Crippen LogP contribution is -2.24. The summed E-state index contributed by atoms with van der Waals surface area (Å²) in [6.45, 7) is 0.205. The monoisotopic (exact) mass is 185 g/mol. The molecule has 5 heteroatoms. The van der Waals surface area contributed by atoms with E-state index >= 15 is 0 Å². The van der Waals surface area contributed by atoms with Gasteiger partial charge in [0.1, 0.15) is 6.61 Å². The van der Waals surface area contributed by atoms with E-state index in [9.17, 15) is 4.79 Å². The molecule has 0 bridgehead atoms. The van der Waals surface area contributed by atoms with E-state index in [0.717, 1.165) is 5.56 Å². The first kappa shape index (κ1) is 9.60. The van der Waals surface area contributed by atoms with E-state index < -0.39 is 6.09 Å². The third kappa shape index (κ3) is 3.62. The molecule has 0 aliphatic rings. The van der Waals surface area contributed by atoms with E-state index in [1.807, 2.05) is 0 Å². The number of carbonyl (C=O) groups excluding carboxylic acids is 1. The molecule has 1 rings (SSSR count). The Morgan fingerprint density at radius 2 is 2.54 bits per heavy atom.